The number of fused-ring (bicyclic) bond motifs is 1. The second kappa shape index (κ2) is 9.58. The molecule has 0 bridgehead atoms. The Labute approximate surface area is 170 Å². The molecule has 154 valence electrons. The molecule has 3 rings (SSSR count). The zero-order valence-electron chi connectivity index (χ0n) is 17.0. The van der Waals surface area contributed by atoms with Gasteiger partial charge in [0.05, 0.1) is 25.4 Å². The summed E-state index contributed by atoms with van der Waals surface area (Å²) < 4.78 is 23.6. The van der Waals surface area contributed by atoms with E-state index in [1.807, 2.05) is 45.9 Å². The van der Waals surface area contributed by atoms with E-state index in [0.717, 1.165) is 54.4 Å². The molecule has 1 aliphatic rings. The summed E-state index contributed by atoms with van der Waals surface area (Å²) in [4.78, 5) is 15.3. The summed E-state index contributed by atoms with van der Waals surface area (Å²) in [6.07, 6.45) is 0.0928. The first-order chi connectivity index (χ1) is 13.4. The minimum atomic E-state index is -0.295. The molecule has 1 aromatic heterocycles. The SMILES string of the molecule is CC(C)Oc1cc(OC(C)C)c2cc(C(=O)OCCN3CCOCC3)sc2c1. The minimum Gasteiger partial charge on any atom is -0.491 e. The van der Waals surface area contributed by atoms with Gasteiger partial charge in [-0.05, 0) is 39.8 Å². The highest BCUT2D eigenvalue weighted by molar-refractivity contribution is 7.20. The highest BCUT2D eigenvalue weighted by Gasteiger charge is 2.18. The van der Waals surface area contributed by atoms with Crippen LogP contribution in [0.3, 0.4) is 0 Å². The van der Waals surface area contributed by atoms with Gasteiger partial charge in [0.2, 0.25) is 0 Å². The Morgan fingerprint density at radius 3 is 2.50 bits per heavy atom. The summed E-state index contributed by atoms with van der Waals surface area (Å²) in [6, 6.07) is 5.70. The van der Waals surface area contributed by atoms with Crippen LogP contribution in [0.4, 0.5) is 0 Å². The molecule has 7 heteroatoms. The predicted molar refractivity (Wildman–Crippen MR) is 111 cm³/mol. The Bertz CT molecular complexity index is 795. The third-order valence-corrected chi connectivity index (χ3v) is 5.32. The van der Waals surface area contributed by atoms with Crippen LogP contribution in [0.1, 0.15) is 37.4 Å². The van der Waals surface area contributed by atoms with Gasteiger partial charge in [0.15, 0.2) is 0 Å². The van der Waals surface area contributed by atoms with Gasteiger partial charge in [-0.15, -0.1) is 11.3 Å². The number of nitrogens with zero attached hydrogens (tertiary/aromatic N) is 1. The summed E-state index contributed by atoms with van der Waals surface area (Å²) in [6.45, 7) is 12.3. The van der Waals surface area contributed by atoms with Gasteiger partial charge in [-0.25, -0.2) is 4.79 Å². The fraction of sp³-hybridized carbons (Fsp3) is 0.571. The number of morpholine rings is 1. The molecular formula is C21H29NO5S. The maximum absolute atomic E-state index is 12.5. The smallest absolute Gasteiger partial charge is 0.348 e. The van der Waals surface area contributed by atoms with E-state index < -0.39 is 0 Å². The second-order valence-electron chi connectivity index (χ2n) is 7.37. The maximum atomic E-state index is 12.5. The first-order valence-electron chi connectivity index (χ1n) is 9.80. The Hall–Kier alpha value is -1.83. The molecule has 1 saturated heterocycles. The average molecular weight is 408 g/mol. The van der Waals surface area contributed by atoms with E-state index in [-0.39, 0.29) is 18.2 Å². The van der Waals surface area contributed by atoms with E-state index >= 15 is 0 Å². The van der Waals surface area contributed by atoms with Crippen LogP contribution in [0.5, 0.6) is 11.5 Å². The Kier molecular flexibility index (Phi) is 7.15. The molecule has 0 N–H and O–H groups in total. The number of hydrogen-bond donors (Lipinski definition) is 0. The molecule has 1 aromatic carbocycles. The van der Waals surface area contributed by atoms with Crippen LogP contribution in [0, 0.1) is 0 Å². The molecular weight excluding hydrogens is 378 g/mol. The first kappa shape index (κ1) is 20.9. The van der Waals surface area contributed by atoms with Gasteiger partial charge in [-0.1, -0.05) is 0 Å². The fourth-order valence-electron chi connectivity index (χ4n) is 3.04. The maximum Gasteiger partial charge on any atom is 0.348 e. The van der Waals surface area contributed by atoms with Crippen molar-refractivity contribution in [1.82, 2.24) is 4.90 Å². The standard InChI is InChI=1S/C21H29NO5S/c1-14(2)26-16-11-18(27-15(3)4)17-13-20(28-19(17)12-16)21(23)25-10-7-22-5-8-24-9-6-22/h11-15H,5-10H2,1-4H3. The molecule has 2 heterocycles. The average Bonchev–Trinajstić information content (AvgIpc) is 3.06. The lowest BCUT2D eigenvalue weighted by Crippen LogP contribution is -2.38. The van der Waals surface area contributed by atoms with Crippen LogP contribution < -0.4 is 9.47 Å². The largest absolute Gasteiger partial charge is 0.491 e. The summed E-state index contributed by atoms with van der Waals surface area (Å²) in [5, 5.41) is 0.912. The van der Waals surface area contributed by atoms with Crippen LogP contribution in [0.25, 0.3) is 10.1 Å². The number of hydrogen-bond acceptors (Lipinski definition) is 7. The quantitative estimate of drug-likeness (QED) is 0.617. The van der Waals surface area contributed by atoms with E-state index in [9.17, 15) is 4.79 Å². The van der Waals surface area contributed by atoms with Crippen molar-refractivity contribution in [2.45, 2.75) is 39.9 Å². The lowest BCUT2D eigenvalue weighted by Gasteiger charge is -2.26. The van der Waals surface area contributed by atoms with Gasteiger partial charge in [-0.2, -0.15) is 0 Å². The van der Waals surface area contributed by atoms with E-state index in [0.29, 0.717) is 11.5 Å². The molecule has 0 amide bonds. The zero-order valence-corrected chi connectivity index (χ0v) is 17.8. The number of carbonyl (C=O) groups excluding carboxylic acids is 1. The van der Waals surface area contributed by atoms with Crippen molar-refractivity contribution >= 4 is 27.4 Å². The zero-order chi connectivity index (χ0) is 20.1. The first-order valence-corrected chi connectivity index (χ1v) is 10.6. The second-order valence-corrected chi connectivity index (χ2v) is 8.45. The van der Waals surface area contributed by atoms with Crippen molar-refractivity contribution in [3.8, 4) is 11.5 Å². The summed E-state index contributed by atoms with van der Waals surface area (Å²) in [5.74, 6) is 1.18. The number of thiophene rings is 1. The van der Waals surface area contributed by atoms with E-state index in [1.54, 1.807) is 0 Å². The molecule has 0 atom stereocenters. The van der Waals surface area contributed by atoms with Crippen molar-refractivity contribution in [2.75, 3.05) is 39.5 Å². The molecule has 2 aromatic rings. The van der Waals surface area contributed by atoms with Gasteiger partial charge >= 0.3 is 5.97 Å². The highest BCUT2D eigenvalue weighted by Crippen LogP contribution is 2.38. The monoisotopic (exact) mass is 407 g/mol. The van der Waals surface area contributed by atoms with Gasteiger partial charge in [0.25, 0.3) is 0 Å². The number of carbonyl (C=O) groups is 1. The highest BCUT2D eigenvalue weighted by atomic mass is 32.1. The Morgan fingerprint density at radius 1 is 1.11 bits per heavy atom. The number of ether oxygens (including phenoxy) is 4. The molecule has 6 nitrogen and oxygen atoms in total. The molecule has 1 fully saturated rings. The molecule has 28 heavy (non-hydrogen) atoms. The minimum absolute atomic E-state index is 0.0290. The van der Waals surface area contributed by atoms with Crippen LogP contribution in [-0.4, -0.2) is 62.5 Å². The van der Waals surface area contributed by atoms with E-state index in [4.69, 9.17) is 18.9 Å². The van der Waals surface area contributed by atoms with Gasteiger partial charge in [0, 0.05) is 35.8 Å². The normalized spacial score (nSPS) is 15.4. The summed E-state index contributed by atoms with van der Waals surface area (Å²) in [7, 11) is 0. The third kappa shape index (κ3) is 5.59. The van der Waals surface area contributed by atoms with Crippen LogP contribution in [0.15, 0.2) is 18.2 Å². The van der Waals surface area contributed by atoms with E-state index in [1.165, 1.54) is 11.3 Å². The predicted octanol–water partition coefficient (Wildman–Crippen LogP) is 3.96. The van der Waals surface area contributed by atoms with Crippen LogP contribution in [0.2, 0.25) is 0 Å². The van der Waals surface area contributed by atoms with Crippen LogP contribution in [-0.2, 0) is 9.47 Å². The molecule has 0 radical (unpaired) electrons. The molecule has 0 unspecified atom stereocenters. The Balaban J connectivity index is 1.72. The van der Waals surface area contributed by atoms with Crippen molar-refractivity contribution in [3.05, 3.63) is 23.1 Å². The Morgan fingerprint density at radius 2 is 1.82 bits per heavy atom. The lowest BCUT2D eigenvalue weighted by atomic mass is 10.2. The van der Waals surface area contributed by atoms with Gasteiger partial charge in [0.1, 0.15) is 23.0 Å². The topological polar surface area (TPSA) is 57.2 Å². The molecule has 1 aliphatic heterocycles. The van der Waals surface area contributed by atoms with Crippen molar-refractivity contribution in [1.29, 1.82) is 0 Å². The number of rotatable bonds is 8. The summed E-state index contributed by atoms with van der Waals surface area (Å²) in [5.41, 5.74) is 0. The van der Waals surface area contributed by atoms with Gasteiger partial charge in [-0.3, -0.25) is 4.90 Å². The van der Waals surface area contributed by atoms with E-state index in [2.05, 4.69) is 4.90 Å². The van der Waals surface area contributed by atoms with Crippen LogP contribution >= 0.6 is 11.3 Å². The number of esters is 1. The van der Waals surface area contributed by atoms with Crippen molar-refractivity contribution in [3.63, 3.8) is 0 Å². The fourth-order valence-corrected chi connectivity index (χ4v) is 4.04. The van der Waals surface area contributed by atoms with Crippen molar-refractivity contribution < 1.29 is 23.7 Å². The lowest BCUT2D eigenvalue weighted by molar-refractivity contribution is 0.0197. The van der Waals surface area contributed by atoms with Crippen molar-refractivity contribution in [2.24, 2.45) is 0 Å². The number of benzene rings is 1. The molecule has 0 aliphatic carbocycles. The molecule has 0 spiro atoms. The third-order valence-electron chi connectivity index (χ3n) is 4.25. The molecule has 0 saturated carbocycles. The van der Waals surface area contributed by atoms with Gasteiger partial charge < -0.3 is 18.9 Å². The summed E-state index contributed by atoms with van der Waals surface area (Å²) >= 11 is 1.41.